The molecule has 0 spiro atoms. The third kappa shape index (κ3) is 3.64. The Morgan fingerprint density at radius 2 is 1.71 bits per heavy atom. The number of hydrogen-bond acceptors (Lipinski definition) is 1. The van der Waals surface area contributed by atoms with Crippen molar-refractivity contribution in [1.82, 2.24) is 0 Å². The monoisotopic (exact) mass is 209 g/mol. The molecule has 0 saturated carbocycles. The summed E-state index contributed by atoms with van der Waals surface area (Å²) in [7, 11) is -0.360. The molecule has 0 saturated heterocycles. The molecule has 14 heavy (non-hydrogen) atoms. The van der Waals surface area contributed by atoms with Gasteiger partial charge in [-0.05, 0) is 29.5 Å². The van der Waals surface area contributed by atoms with Gasteiger partial charge in [0.25, 0.3) is 0 Å². The molecule has 1 rings (SSSR count). The second-order valence-electron chi connectivity index (χ2n) is 4.81. The fourth-order valence-electron chi connectivity index (χ4n) is 1.39. The molecular weight excluding hydrogens is 190 g/mol. The Morgan fingerprint density at radius 1 is 1.21 bits per heavy atom. The Balaban J connectivity index is 2.79. The van der Waals surface area contributed by atoms with Crippen molar-refractivity contribution < 1.29 is 0 Å². The summed E-state index contributed by atoms with van der Waals surface area (Å²) in [5.74, 6) is 3.82. The lowest BCUT2D eigenvalue weighted by Gasteiger charge is -2.18. The minimum Gasteiger partial charge on any atom is -0.280 e. The van der Waals surface area contributed by atoms with E-state index in [9.17, 15) is 0 Å². The van der Waals surface area contributed by atoms with E-state index in [4.69, 9.17) is 5.14 Å². The third-order valence-corrected chi connectivity index (χ3v) is 2.84. The third-order valence-electron chi connectivity index (χ3n) is 1.96. The topological polar surface area (TPSA) is 26.0 Å². The van der Waals surface area contributed by atoms with Gasteiger partial charge in [0.1, 0.15) is 0 Å². The summed E-state index contributed by atoms with van der Waals surface area (Å²) in [5, 5.41) is 5.71. The highest BCUT2D eigenvalue weighted by molar-refractivity contribution is 8.12. The first kappa shape index (κ1) is 11.5. The van der Waals surface area contributed by atoms with Crippen LogP contribution in [-0.4, -0.2) is 5.87 Å². The first-order valence-electron chi connectivity index (χ1n) is 4.76. The van der Waals surface area contributed by atoms with Crippen molar-refractivity contribution in [3.63, 3.8) is 0 Å². The lowest BCUT2D eigenvalue weighted by molar-refractivity contribution is 0.411. The van der Waals surface area contributed by atoms with E-state index >= 15 is 0 Å². The Kier molecular flexibility index (Phi) is 3.51. The van der Waals surface area contributed by atoms with E-state index in [0.29, 0.717) is 5.41 Å². The molecule has 0 amide bonds. The van der Waals surface area contributed by atoms with E-state index in [1.807, 2.05) is 0 Å². The average Bonchev–Trinajstić information content (AvgIpc) is 2.02. The van der Waals surface area contributed by atoms with E-state index in [-0.39, 0.29) is 10.7 Å². The number of rotatable bonds is 2. The number of benzene rings is 1. The van der Waals surface area contributed by atoms with Crippen LogP contribution in [0, 0.1) is 5.41 Å². The fourth-order valence-corrected chi connectivity index (χ4v) is 1.88. The normalized spacial score (nSPS) is 14.0. The molecule has 0 bridgehead atoms. The molecule has 1 unspecified atom stereocenters. The van der Waals surface area contributed by atoms with Gasteiger partial charge in [0.05, 0.1) is 0 Å². The van der Waals surface area contributed by atoms with Gasteiger partial charge in [0, 0.05) is 4.90 Å². The molecule has 0 aromatic heterocycles. The standard InChI is InChI=1S/C12H19NS/c1-12(2,3)9-10-5-7-11(8-6-10)14(4)13/h5-8H,4,9,13H2,1-3H3. The molecule has 78 valence electrons. The second kappa shape index (κ2) is 4.28. The predicted molar refractivity (Wildman–Crippen MR) is 66.8 cm³/mol. The van der Waals surface area contributed by atoms with Crippen molar-refractivity contribution in [2.75, 3.05) is 0 Å². The fraction of sp³-hybridized carbons (Fsp3) is 0.417. The van der Waals surface area contributed by atoms with Crippen LogP contribution < -0.4 is 5.14 Å². The van der Waals surface area contributed by atoms with Crippen LogP contribution in [0.15, 0.2) is 29.2 Å². The van der Waals surface area contributed by atoms with E-state index < -0.39 is 0 Å². The Morgan fingerprint density at radius 3 is 2.07 bits per heavy atom. The molecule has 1 aromatic rings. The van der Waals surface area contributed by atoms with Gasteiger partial charge in [0.15, 0.2) is 0 Å². The van der Waals surface area contributed by atoms with Gasteiger partial charge in [0.2, 0.25) is 0 Å². The molecule has 0 radical (unpaired) electrons. The van der Waals surface area contributed by atoms with Crippen molar-refractivity contribution >= 4 is 16.5 Å². The zero-order valence-electron chi connectivity index (χ0n) is 9.21. The molecule has 1 nitrogen and oxygen atoms in total. The summed E-state index contributed by atoms with van der Waals surface area (Å²) in [6.07, 6.45) is 1.10. The van der Waals surface area contributed by atoms with Gasteiger partial charge in [-0.15, -0.1) is 0 Å². The summed E-state index contributed by atoms with van der Waals surface area (Å²) in [4.78, 5) is 1.13. The van der Waals surface area contributed by atoms with Crippen LogP contribution in [0.1, 0.15) is 26.3 Å². The summed E-state index contributed by atoms with van der Waals surface area (Å²) >= 11 is 0. The first-order chi connectivity index (χ1) is 6.38. The second-order valence-corrected chi connectivity index (χ2v) is 6.14. The number of nitrogens with two attached hydrogens (primary N) is 1. The van der Waals surface area contributed by atoms with E-state index in [1.54, 1.807) is 0 Å². The Bertz CT molecular complexity index is 319. The van der Waals surface area contributed by atoms with E-state index in [0.717, 1.165) is 11.3 Å². The maximum Gasteiger partial charge on any atom is 0.0150 e. The molecule has 2 heteroatoms. The van der Waals surface area contributed by atoms with E-state index in [1.165, 1.54) is 5.56 Å². The smallest absolute Gasteiger partial charge is 0.0150 e. The van der Waals surface area contributed by atoms with Gasteiger partial charge in [-0.25, -0.2) is 0 Å². The van der Waals surface area contributed by atoms with Crippen LogP contribution in [0.25, 0.3) is 0 Å². The van der Waals surface area contributed by atoms with Crippen molar-refractivity contribution in [2.24, 2.45) is 10.6 Å². The first-order valence-corrected chi connectivity index (χ1v) is 6.21. The van der Waals surface area contributed by atoms with Crippen molar-refractivity contribution in [3.8, 4) is 0 Å². The molecule has 2 N–H and O–H groups in total. The minimum absolute atomic E-state index is 0.344. The van der Waals surface area contributed by atoms with Gasteiger partial charge in [-0.1, -0.05) is 49.4 Å². The largest absolute Gasteiger partial charge is 0.280 e. The molecular formula is C12H19NS. The zero-order valence-corrected chi connectivity index (χ0v) is 10.0. The van der Waals surface area contributed by atoms with Crippen LogP contribution in [0.5, 0.6) is 0 Å². The van der Waals surface area contributed by atoms with Crippen LogP contribution in [0.4, 0.5) is 0 Å². The van der Waals surface area contributed by atoms with Crippen LogP contribution in [0.3, 0.4) is 0 Å². The van der Waals surface area contributed by atoms with Gasteiger partial charge < -0.3 is 0 Å². The lowest BCUT2D eigenvalue weighted by atomic mass is 9.88. The predicted octanol–water partition coefficient (Wildman–Crippen LogP) is 3.21. The molecule has 1 atom stereocenters. The summed E-state index contributed by atoms with van der Waals surface area (Å²) in [6, 6.07) is 8.46. The Hall–Kier alpha value is -0.600. The molecule has 0 fully saturated rings. The van der Waals surface area contributed by atoms with Crippen molar-refractivity contribution in [1.29, 1.82) is 0 Å². The number of hydrogen-bond donors (Lipinski definition) is 1. The lowest BCUT2D eigenvalue weighted by Crippen LogP contribution is -2.08. The molecule has 0 aliphatic rings. The quantitative estimate of drug-likeness (QED) is 0.744. The van der Waals surface area contributed by atoms with Gasteiger partial charge >= 0.3 is 0 Å². The molecule has 1 aromatic carbocycles. The minimum atomic E-state index is -0.360. The summed E-state index contributed by atoms with van der Waals surface area (Å²) in [6.45, 7) is 6.74. The SMILES string of the molecule is C=S(N)c1ccc(CC(C)(C)C)cc1. The van der Waals surface area contributed by atoms with Crippen molar-refractivity contribution in [3.05, 3.63) is 29.8 Å². The summed E-state index contributed by atoms with van der Waals surface area (Å²) in [5.41, 5.74) is 1.71. The Labute approximate surface area is 89.4 Å². The summed E-state index contributed by atoms with van der Waals surface area (Å²) < 4.78 is 0. The molecule has 0 heterocycles. The van der Waals surface area contributed by atoms with E-state index in [2.05, 4.69) is 50.9 Å². The highest BCUT2D eigenvalue weighted by atomic mass is 32.2. The molecule has 0 aliphatic carbocycles. The average molecular weight is 209 g/mol. The maximum absolute atomic E-state index is 5.71. The van der Waals surface area contributed by atoms with Crippen molar-refractivity contribution in [2.45, 2.75) is 32.1 Å². The highest BCUT2D eigenvalue weighted by Crippen LogP contribution is 2.23. The van der Waals surface area contributed by atoms with Gasteiger partial charge in [-0.2, -0.15) is 0 Å². The molecule has 0 aliphatic heterocycles. The van der Waals surface area contributed by atoms with Crippen LogP contribution in [-0.2, 0) is 6.42 Å². The zero-order chi connectivity index (χ0) is 10.8. The maximum atomic E-state index is 5.71. The van der Waals surface area contributed by atoms with Gasteiger partial charge in [-0.3, -0.25) is 5.14 Å². The van der Waals surface area contributed by atoms with Crippen LogP contribution in [0.2, 0.25) is 0 Å². The highest BCUT2D eigenvalue weighted by Gasteiger charge is 2.10. The van der Waals surface area contributed by atoms with Crippen LogP contribution >= 0.6 is 10.7 Å².